The molecular formula is C7H5NS4. The predicted molar refractivity (Wildman–Crippen MR) is 62.9 cm³/mol. The first-order valence-corrected chi connectivity index (χ1v) is 6.25. The molecule has 1 aromatic rings. The molecule has 2 rings (SSSR count). The van der Waals surface area contributed by atoms with Crippen LogP contribution in [0.2, 0.25) is 0 Å². The molecule has 1 heterocycles. The summed E-state index contributed by atoms with van der Waals surface area (Å²) >= 11 is 14.5. The van der Waals surface area contributed by atoms with Gasteiger partial charge in [0.1, 0.15) is 4.32 Å². The molecule has 0 saturated heterocycles. The third-order valence-corrected chi connectivity index (χ3v) is 4.98. The molecule has 1 N–H and O–H groups in total. The maximum atomic E-state index is 5.23. The van der Waals surface area contributed by atoms with Gasteiger partial charge in [0.15, 0.2) is 0 Å². The van der Waals surface area contributed by atoms with Crippen LogP contribution in [0.5, 0.6) is 0 Å². The maximum absolute atomic E-state index is 5.23. The Morgan fingerprint density at radius 1 is 1.42 bits per heavy atom. The van der Waals surface area contributed by atoms with Crippen LogP contribution in [0.25, 0.3) is 0 Å². The average Bonchev–Trinajstić information content (AvgIpc) is 2.31. The van der Waals surface area contributed by atoms with E-state index in [4.69, 9.17) is 23.4 Å². The fourth-order valence-electron chi connectivity index (χ4n) is 1.02. The first-order valence-electron chi connectivity index (χ1n) is 3.24. The zero-order valence-corrected chi connectivity index (χ0v) is 9.25. The SMILES string of the molecule is S=C1Nc2ccc(S)cc2S1=S. The molecule has 0 aliphatic carbocycles. The highest BCUT2D eigenvalue weighted by molar-refractivity contribution is 8.42. The Morgan fingerprint density at radius 3 is 2.92 bits per heavy atom. The van der Waals surface area contributed by atoms with Crippen LogP contribution in [0.4, 0.5) is 5.69 Å². The molecule has 62 valence electrons. The van der Waals surface area contributed by atoms with Crippen molar-refractivity contribution in [3.8, 4) is 0 Å². The summed E-state index contributed by atoms with van der Waals surface area (Å²) in [6.45, 7) is 0. The van der Waals surface area contributed by atoms with E-state index in [1.165, 1.54) is 0 Å². The van der Waals surface area contributed by atoms with E-state index in [1.54, 1.807) is 0 Å². The van der Waals surface area contributed by atoms with Gasteiger partial charge in [0.05, 0.1) is 5.69 Å². The topological polar surface area (TPSA) is 12.0 Å². The molecule has 1 aromatic carbocycles. The summed E-state index contributed by atoms with van der Waals surface area (Å²) in [5, 5.41) is 3.08. The van der Waals surface area contributed by atoms with Gasteiger partial charge in [-0.05, 0) is 38.8 Å². The number of fused-ring (bicyclic) bond motifs is 1. The second-order valence-electron chi connectivity index (χ2n) is 2.36. The van der Waals surface area contributed by atoms with Crippen molar-refractivity contribution in [2.24, 2.45) is 0 Å². The third-order valence-electron chi connectivity index (χ3n) is 1.57. The lowest BCUT2D eigenvalue weighted by Crippen LogP contribution is -2.03. The standard InChI is InChI=1S/C7H5NS4/c9-4-1-2-5-6(3-4)12(11)7(10)8-5/h1-3,9H,(H,8,10). The van der Waals surface area contributed by atoms with Gasteiger partial charge in [0.2, 0.25) is 0 Å². The van der Waals surface area contributed by atoms with Crippen molar-refractivity contribution < 1.29 is 0 Å². The predicted octanol–water partition coefficient (Wildman–Crippen LogP) is 2.12. The minimum absolute atomic E-state index is 0.348. The van der Waals surface area contributed by atoms with Gasteiger partial charge in [0, 0.05) is 9.79 Å². The van der Waals surface area contributed by atoms with E-state index < -0.39 is 0 Å². The van der Waals surface area contributed by atoms with Crippen molar-refractivity contribution in [1.29, 1.82) is 0 Å². The van der Waals surface area contributed by atoms with Gasteiger partial charge in [-0.15, -0.1) is 12.6 Å². The normalized spacial score (nSPS) is 20.4. The molecule has 1 aliphatic heterocycles. The molecule has 0 amide bonds. The minimum atomic E-state index is -0.348. The molecule has 1 aliphatic rings. The molecule has 0 radical (unpaired) electrons. The van der Waals surface area contributed by atoms with Crippen LogP contribution in [0.15, 0.2) is 28.0 Å². The van der Waals surface area contributed by atoms with E-state index in [2.05, 4.69) is 17.9 Å². The third kappa shape index (κ3) is 1.31. The Balaban J connectivity index is 2.63. The summed E-state index contributed by atoms with van der Waals surface area (Å²) < 4.78 is 0.749. The Labute approximate surface area is 88.6 Å². The summed E-state index contributed by atoms with van der Waals surface area (Å²) in [6.07, 6.45) is 0. The summed E-state index contributed by atoms with van der Waals surface area (Å²) in [7, 11) is -0.348. The average molecular weight is 231 g/mol. The number of rotatable bonds is 0. The second-order valence-corrected chi connectivity index (χ2v) is 5.93. The van der Waals surface area contributed by atoms with Crippen LogP contribution in [-0.4, -0.2) is 4.32 Å². The molecule has 0 saturated carbocycles. The van der Waals surface area contributed by atoms with E-state index in [0.29, 0.717) is 0 Å². The van der Waals surface area contributed by atoms with Crippen LogP contribution in [0.1, 0.15) is 0 Å². The highest BCUT2D eigenvalue weighted by atomic mass is 32.8. The Morgan fingerprint density at radius 2 is 2.17 bits per heavy atom. The van der Waals surface area contributed by atoms with Gasteiger partial charge in [-0.25, -0.2) is 0 Å². The van der Waals surface area contributed by atoms with Gasteiger partial charge in [0.25, 0.3) is 0 Å². The van der Waals surface area contributed by atoms with E-state index in [1.807, 2.05) is 18.2 Å². The highest BCUT2D eigenvalue weighted by Gasteiger charge is 2.19. The van der Waals surface area contributed by atoms with Crippen LogP contribution < -0.4 is 5.32 Å². The monoisotopic (exact) mass is 231 g/mol. The summed E-state index contributed by atoms with van der Waals surface area (Å²) in [4.78, 5) is 2.03. The number of anilines is 1. The summed E-state index contributed by atoms with van der Waals surface area (Å²) in [5.41, 5.74) is 1.04. The van der Waals surface area contributed by atoms with Crippen LogP contribution >= 0.6 is 24.8 Å². The molecule has 0 aromatic heterocycles. The van der Waals surface area contributed by atoms with Crippen molar-refractivity contribution in [3.63, 3.8) is 0 Å². The molecule has 0 fully saturated rings. The Kier molecular flexibility index (Phi) is 2.20. The van der Waals surface area contributed by atoms with Gasteiger partial charge in [-0.2, -0.15) is 0 Å². The minimum Gasteiger partial charge on any atom is -0.340 e. The summed E-state index contributed by atoms with van der Waals surface area (Å²) in [6, 6.07) is 5.86. The van der Waals surface area contributed by atoms with Crippen LogP contribution in [0.3, 0.4) is 0 Å². The first kappa shape index (κ1) is 8.62. The number of thiocarbonyl (C=S) groups is 1. The number of benzene rings is 1. The van der Waals surface area contributed by atoms with Crippen LogP contribution in [0, 0.1) is 0 Å². The molecule has 1 nitrogen and oxygen atoms in total. The van der Waals surface area contributed by atoms with Crippen LogP contribution in [-0.2, 0) is 20.6 Å². The van der Waals surface area contributed by atoms with E-state index >= 15 is 0 Å². The molecule has 1 atom stereocenters. The lowest BCUT2D eigenvalue weighted by Gasteiger charge is -1.96. The highest BCUT2D eigenvalue weighted by Crippen LogP contribution is 2.29. The van der Waals surface area contributed by atoms with Crippen molar-refractivity contribution in [2.45, 2.75) is 9.79 Å². The van der Waals surface area contributed by atoms with Crippen molar-refractivity contribution in [2.75, 3.05) is 5.32 Å². The lowest BCUT2D eigenvalue weighted by atomic mass is 10.3. The maximum Gasteiger partial charge on any atom is 0.147 e. The number of thiol groups is 1. The van der Waals surface area contributed by atoms with Gasteiger partial charge >= 0.3 is 0 Å². The van der Waals surface area contributed by atoms with E-state index in [-0.39, 0.29) is 9.45 Å². The van der Waals surface area contributed by atoms with E-state index in [0.717, 1.165) is 19.8 Å². The number of nitrogens with one attached hydrogen (secondary N) is 1. The first-order chi connectivity index (χ1) is 5.68. The quantitative estimate of drug-likeness (QED) is 0.403. The molecule has 0 bridgehead atoms. The molecular weight excluding hydrogens is 226 g/mol. The van der Waals surface area contributed by atoms with Crippen molar-refractivity contribution >= 4 is 55.5 Å². The summed E-state index contributed by atoms with van der Waals surface area (Å²) in [5.74, 6) is 0. The zero-order chi connectivity index (χ0) is 8.72. The fourth-order valence-corrected chi connectivity index (χ4v) is 3.19. The van der Waals surface area contributed by atoms with Gasteiger partial charge in [-0.1, -0.05) is 12.2 Å². The van der Waals surface area contributed by atoms with E-state index in [9.17, 15) is 0 Å². The number of hydrogen-bond donors (Lipinski definition) is 2. The molecule has 1 unspecified atom stereocenters. The molecule has 0 spiro atoms. The largest absolute Gasteiger partial charge is 0.340 e. The molecule has 12 heavy (non-hydrogen) atoms. The van der Waals surface area contributed by atoms with Crippen molar-refractivity contribution in [1.82, 2.24) is 0 Å². The molecule has 5 heteroatoms. The fraction of sp³-hybridized carbons (Fsp3) is 0. The smallest absolute Gasteiger partial charge is 0.147 e. The van der Waals surface area contributed by atoms with Gasteiger partial charge < -0.3 is 5.32 Å². The van der Waals surface area contributed by atoms with Crippen molar-refractivity contribution in [3.05, 3.63) is 18.2 Å². The van der Waals surface area contributed by atoms with Gasteiger partial charge in [-0.3, -0.25) is 0 Å². The second kappa shape index (κ2) is 3.06. The number of hydrogen-bond acceptors (Lipinski definition) is 3. The lowest BCUT2D eigenvalue weighted by molar-refractivity contribution is 1.35. The Bertz CT molecular complexity index is 385. The zero-order valence-electron chi connectivity index (χ0n) is 5.90. The Hall–Kier alpha value is 0.0300.